The number of rotatable bonds is 7. The van der Waals surface area contributed by atoms with Gasteiger partial charge < -0.3 is 15.3 Å². The summed E-state index contributed by atoms with van der Waals surface area (Å²) in [5, 5.41) is 12.3. The van der Waals surface area contributed by atoms with Crippen molar-refractivity contribution in [1.82, 2.24) is 4.90 Å². The third-order valence-electron chi connectivity index (χ3n) is 3.79. The minimum absolute atomic E-state index is 0.0181. The molecule has 0 radical (unpaired) electrons. The van der Waals surface area contributed by atoms with Gasteiger partial charge >= 0.3 is 0 Å². The molecule has 0 unspecified atom stereocenters. The van der Waals surface area contributed by atoms with Crippen LogP contribution >= 0.6 is 0 Å². The first-order valence-corrected chi connectivity index (χ1v) is 7.93. The molecule has 2 aromatic carbocycles. The molecule has 4 nitrogen and oxygen atoms in total. The number of aliphatic hydroxyl groups is 1. The highest BCUT2D eigenvalue weighted by molar-refractivity contribution is 5.94. The van der Waals surface area contributed by atoms with Gasteiger partial charge in [-0.15, -0.1) is 0 Å². The van der Waals surface area contributed by atoms with Gasteiger partial charge in [0.25, 0.3) is 5.91 Å². The number of nitrogens with zero attached hydrogens (tertiary/aromatic N) is 1. The van der Waals surface area contributed by atoms with Crippen LogP contribution in [0.25, 0.3) is 0 Å². The molecule has 0 fully saturated rings. The molecule has 0 heterocycles. The van der Waals surface area contributed by atoms with Crippen molar-refractivity contribution in [2.24, 2.45) is 0 Å². The van der Waals surface area contributed by atoms with E-state index in [0.29, 0.717) is 18.7 Å². The van der Waals surface area contributed by atoms with Gasteiger partial charge in [0.1, 0.15) is 0 Å². The lowest BCUT2D eigenvalue weighted by molar-refractivity contribution is 0.0732. The first-order valence-electron chi connectivity index (χ1n) is 7.93. The molecule has 0 bridgehead atoms. The minimum atomic E-state index is -0.0494. The van der Waals surface area contributed by atoms with Crippen LogP contribution in [0.4, 0.5) is 5.69 Å². The topological polar surface area (TPSA) is 52.6 Å². The van der Waals surface area contributed by atoms with Crippen molar-refractivity contribution in [2.45, 2.75) is 20.4 Å². The molecule has 0 aromatic heterocycles. The number of anilines is 1. The van der Waals surface area contributed by atoms with Crippen LogP contribution in [-0.2, 0) is 6.54 Å². The van der Waals surface area contributed by atoms with Gasteiger partial charge in [-0.1, -0.05) is 29.8 Å². The molecule has 122 valence electrons. The third kappa shape index (κ3) is 4.83. The van der Waals surface area contributed by atoms with E-state index in [4.69, 9.17) is 5.11 Å². The maximum absolute atomic E-state index is 12.3. The van der Waals surface area contributed by atoms with Crippen LogP contribution in [0.1, 0.15) is 28.4 Å². The van der Waals surface area contributed by atoms with Crippen molar-refractivity contribution >= 4 is 11.6 Å². The summed E-state index contributed by atoms with van der Waals surface area (Å²) in [6.45, 7) is 5.67. The van der Waals surface area contributed by atoms with E-state index < -0.39 is 0 Å². The minimum Gasteiger partial charge on any atom is -0.395 e. The summed E-state index contributed by atoms with van der Waals surface area (Å²) in [4.78, 5) is 13.9. The number of benzene rings is 2. The van der Waals surface area contributed by atoms with Crippen molar-refractivity contribution in [3.8, 4) is 0 Å². The van der Waals surface area contributed by atoms with Crippen LogP contribution in [0.3, 0.4) is 0 Å². The molecule has 2 aromatic rings. The van der Waals surface area contributed by atoms with E-state index in [1.54, 1.807) is 4.90 Å². The highest BCUT2D eigenvalue weighted by Crippen LogP contribution is 2.13. The van der Waals surface area contributed by atoms with Crippen molar-refractivity contribution in [2.75, 3.05) is 25.0 Å². The Bertz CT molecular complexity index is 621. The summed E-state index contributed by atoms with van der Waals surface area (Å²) in [6, 6.07) is 15.9. The van der Waals surface area contributed by atoms with Gasteiger partial charge in [-0.2, -0.15) is 0 Å². The molecule has 0 saturated carbocycles. The number of hydrogen-bond donors (Lipinski definition) is 2. The van der Waals surface area contributed by atoms with Crippen LogP contribution < -0.4 is 5.32 Å². The quantitative estimate of drug-likeness (QED) is 0.826. The number of carbonyl (C=O) groups is 1. The zero-order chi connectivity index (χ0) is 16.7. The number of aliphatic hydroxyl groups excluding tert-OH is 1. The van der Waals surface area contributed by atoms with E-state index in [1.165, 1.54) is 11.1 Å². The number of hydrogen-bond acceptors (Lipinski definition) is 3. The molecule has 0 atom stereocenters. The van der Waals surface area contributed by atoms with E-state index in [9.17, 15) is 4.79 Å². The predicted octanol–water partition coefficient (Wildman–Crippen LogP) is 3.06. The second kappa shape index (κ2) is 8.34. The normalized spacial score (nSPS) is 10.4. The van der Waals surface area contributed by atoms with Gasteiger partial charge in [0.15, 0.2) is 0 Å². The number of carbonyl (C=O) groups excluding carboxylic acids is 1. The van der Waals surface area contributed by atoms with Gasteiger partial charge in [-0.3, -0.25) is 4.79 Å². The van der Waals surface area contributed by atoms with E-state index in [1.807, 2.05) is 31.2 Å². The first-order chi connectivity index (χ1) is 11.1. The molecule has 0 saturated heterocycles. The van der Waals surface area contributed by atoms with Crippen molar-refractivity contribution in [3.05, 3.63) is 65.2 Å². The Labute approximate surface area is 137 Å². The van der Waals surface area contributed by atoms with Gasteiger partial charge in [0.2, 0.25) is 0 Å². The average molecular weight is 312 g/mol. The zero-order valence-electron chi connectivity index (χ0n) is 13.7. The van der Waals surface area contributed by atoms with Crippen LogP contribution in [0.5, 0.6) is 0 Å². The molecule has 2 N–H and O–H groups in total. The second-order valence-electron chi connectivity index (χ2n) is 5.52. The Morgan fingerprint density at radius 2 is 1.74 bits per heavy atom. The molecule has 0 spiro atoms. The monoisotopic (exact) mass is 312 g/mol. The Morgan fingerprint density at radius 1 is 1.09 bits per heavy atom. The molecular formula is C19H24N2O2. The van der Waals surface area contributed by atoms with Crippen LogP contribution in [-0.4, -0.2) is 35.6 Å². The predicted molar refractivity (Wildman–Crippen MR) is 93.6 cm³/mol. The lowest BCUT2D eigenvalue weighted by atomic mass is 10.1. The SMILES string of the molecule is CCN(CCO)C(=O)c1ccc(NCc2ccc(C)cc2)cc1. The summed E-state index contributed by atoms with van der Waals surface area (Å²) in [6.07, 6.45) is 0. The Kier molecular flexibility index (Phi) is 6.18. The second-order valence-corrected chi connectivity index (χ2v) is 5.52. The first kappa shape index (κ1) is 17.0. The van der Waals surface area contributed by atoms with Crippen LogP contribution in [0, 0.1) is 6.92 Å². The summed E-state index contributed by atoms with van der Waals surface area (Å²) in [7, 11) is 0. The third-order valence-corrected chi connectivity index (χ3v) is 3.79. The van der Waals surface area contributed by atoms with Crippen molar-refractivity contribution in [3.63, 3.8) is 0 Å². The molecule has 0 aliphatic rings. The largest absolute Gasteiger partial charge is 0.395 e. The summed E-state index contributed by atoms with van der Waals surface area (Å²) in [5.74, 6) is -0.0494. The molecule has 4 heteroatoms. The smallest absolute Gasteiger partial charge is 0.253 e. The highest BCUT2D eigenvalue weighted by Gasteiger charge is 2.13. The van der Waals surface area contributed by atoms with E-state index in [0.717, 1.165) is 12.2 Å². The van der Waals surface area contributed by atoms with E-state index in [-0.39, 0.29) is 12.5 Å². The lowest BCUT2D eigenvalue weighted by Gasteiger charge is -2.19. The fraction of sp³-hybridized carbons (Fsp3) is 0.316. The summed E-state index contributed by atoms with van der Waals surface area (Å²) >= 11 is 0. The van der Waals surface area contributed by atoms with Crippen LogP contribution in [0.2, 0.25) is 0 Å². The number of likely N-dealkylation sites (N-methyl/N-ethyl adjacent to an activating group) is 1. The molecule has 1 amide bonds. The lowest BCUT2D eigenvalue weighted by Crippen LogP contribution is -2.33. The number of aryl methyl sites for hydroxylation is 1. The van der Waals surface area contributed by atoms with E-state index >= 15 is 0 Å². The molecule has 23 heavy (non-hydrogen) atoms. The maximum Gasteiger partial charge on any atom is 0.253 e. The van der Waals surface area contributed by atoms with Crippen molar-refractivity contribution in [1.29, 1.82) is 0 Å². The number of nitrogens with one attached hydrogen (secondary N) is 1. The highest BCUT2D eigenvalue weighted by atomic mass is 16.3. The van der Waals surface area contributed by atoms with Gasteiger partial charge in [0, 0.05) is 30.9 Å². The molecule has 2 rings (SSSR count). The number of amides is 1. The Balaban J connectivity index is 1.96. The van der Waals surface area contributed by atoms with Gasteiger partial charge in [-0.25, -0.2) is 0 Å². The molecule has 0 aliphatic carbocycles. The van der Waals surface area contributed by atoms with Gasteiger partial charge in [-0.05, 0) is 43.7 Å². The molecule has 0 aliphatic heterocycles. The van der Waals surface area contributed by atoms with Crippen molar-refractivity contribution < 1.29 is 9.90 Å². The Hall–Kier alpha value is -2.33. The Morgan fingerprint density at radius 3 is 2.30 bits per heavy atom. The van der Waals surface area contributed by atoms with Gasteiger partial charge in [0.05, 0.1) is 6.61 Å². The van der Waals surface area contributed by atoms with E-state index in [2.05, 4.69) is 36.5 Å². The standard InChI is InChI=1S/C19H24N2O2/c1-3-21(12-13-22)19(23)17-8-10-18(11-9-17)20-14-16-6-4-15(2)5-7-16/h4-11,20,22H,3,12-14H2,1-2H3. The molecular weight excluding hydrogens is 288 g/mol. The summed E-state index contributed by atoms with van der Waals surface area (Å²) in [5.41, 5.74) is 4.09. The zero-order valence-corrected chi connectivity index (χ0v) is 13.7. The fourth-order valence-corrected chi connectivity index (χ4v) is 2.35. The fourth-order valence-electron chi connectivity index (χ4n) is 2.35. The summed E-state index contributed by atoms with van der Waals surface area (Å²) < 4.78 is 0. The maximum atomic E-state index is 12.3. The van der Waals surface area contributed by atoms with Crippen LogP contribution in [0.15, 0.2) is 48.5 Å². The average Bonchev–Trinajstić information content (AvgIpc) is 2.59.